The van der Waals surface area contributed by atoms with Gasteiger partial charge >= 0.3 is 5.97 Å². The molecule has 1 unspecified atom stereocenters. The standard InChI is InChI=1S/C21H42O4.C7H6N2/c1-2-3-4-5-6-7-8-9-10-11-12-13-14-15-16-17-21(24)25-19-20(23)18-22;1-2-4-7-6(3-1)8-5-9-7/h20,22-23H,2-19H2,1H3;1-5H,(H,8,9). The predicted octanol–water partition coefficient (Wildman–Crippen LogP) is 6.71. The molecule has 0 saturated heterocycles. The number of ether oxygens (including phenoxy) is 1. The third kappa shape index (κ3) is 16.7. The number of nitrogens with one attached hydrogen (secondary N) is 1. The minimum Gasteiger partial charge on any atom is -0.463 e. The largest absolute Gasteiger partial charge is 0.463 e. The van der Waals surface area contributed by atoms with Gasteiger partial charge < -0.3 is 19.9 Å². The van der Waals surface area contributed by atoms with Crippen LogP contribution in [0.4, 0.5) is 0 Å². The van der Waals surface area contributed by atoms with Crippen molar-refractivity contribution in [2.75, 3.05) is 13.2 Å². The van der Waals surface area contributed by atoms with Crippen molar-refractivity contribution in [1.29, 1.82) is 0 Å². The number of unbranched alkanes of at least 4 members (excludes halogenated alkanes) is 14. The molecule has 3 N–H and O–H groups in total. The van der Waals surface area contributed by atoms with Crippen LogP contribution in [0.25, 0.3) is 11.0 Å². The van der Waals surface area contributed by atoms with Gasteiger partial charge in [-0.05, 0) is 18.6 Å². The maximum atomic E-state index is 11.4. The molecule has 0 amide bonds. The van der Waals surface area contributed by atoms with E-state index in [0.29, 0.717) is 6.42 Å². The van der Waals surface area contributed by atoms with Gasteiger partial charge in [0.15, 0.2) is 0 Å². The highest BCUT2D eigenvalue weighted by molar-refractivity contribution is 5.73. The minimum atomic E-state index is -0.954. The molecule has 1 aromatic heterocycles. The molecule has 0 fully saturated rings. The van der Waals surface area contributed by atoms with E-state index in [-0.39, 0.29) is 19.2 Å². The zero-order chi connectivity index (χ0) is 24.7. The summed E-state index contributed by atoms with van der Waals surface area (Å²) in [5.41, 5.74) is 2.12. The molecule has 6 heteroatoms. The number of carbonyl (C=O) groups is 1. The lowest BCUT2D eigenvalue weighted by molar-refractivity contribution is -0.147. The number of aliphatic hydroxyl groups is 2. The number of H-pyrrole nitrogens is 1. The van der Waals surface area contributed by atoms with E-state index in [1.165, 1.54) is 83.5 Å². The predicted molar refractivity (Wildman–Crippen MR) is 140 cm³/mol. The fourth-order valence-electron chi connectivity index (χ4n) is 3.83. The van der Waals surface area contributed by atoms with E-state index >= 15 is 0 Å². The zero-order valence-corrected chi connectivity index (χ0v) is 21.4. The maximum absolute atomic E-state index is 11.4. The summed E-state index contributed by atoms with van der Waals surface area (Å²) in [5.74, 6) is -0.276. The first-order valence-corrected chi connectivity index (χ1v) is 13.5. The van der Waals surface area contributed by atoms with Gasteiger partial charge in [0.05, 0.1) is 24.0 Å². The smallest absolute Gasteiger partial charge is 0.305 e. The molecular weight excluding hydrogens is 428 g/mol. The molecular formula is C28H48N2O4. The Balaban J connectivity index is 0.000000521. The number of benzene rings is 1. The summed E-state index contributed by atoms with van der Waals surface area (Å²) in [5, 5.41) is 17.7. The number of fused-ring (bicyclic) bond motifs is 1. The van der Waals surface area contributed by atoms with Crippen molar-refractivity contribution in [3.63, 3.8) is 0 Å². The van der Waals surface area contributed by atoms with Crippen molar-refractivity contribution in [3.8, 4) is 0 Å². The summed E-state index contributed by atoms with van der Waals surface area (Å²) >= 11 is 0. The Bertz CT molecular complexity index is 689. The van der Waals surface area contributed by atoms with Gasteiger partial charge in [0.2, 0.25) is 0 Å². The van der Waals surface area contributed by atoms with E-state index < -0.39 is 6.10 Å². The lowest BCUT2D eigenvalue weighted by Crippen LogP contribution is -2.21. The van der Waals surface area contributed by atoms with Gasteiger partial charge in [0.1, 0.15) is 12.7 Å². The van der Waals surface area contributed by atoms with Crippen LogP contribution in [0, 0.1) is 0 Å². The van der Waals surface area contributed by atoms with Crippen LogP contribution in [0.1, 0.15) is 110 Å². The Morgan fingerprint density at radius 3 is 1.94 bits per heavy atom. The van der Waals surface area contributed by atoms with E-state index in [2.05, 4.69) is 16.9 Å². The van der Waals surface area contributed by atoms with Gasteiger partial charge in [-0.25, -0.2) is 4.98 Å². The number of para-hydroxylation sites is 2. The van der Waals surface area contributed by atoms with Gasteiger partial charge in [0, 0.05) is 6.42 Å². The van der Waals surface area contributed by atoms with Crippen molar-refractivity contribution in [1.82, 2.24) is 9.97 Å². The molecule has 0 saturated carbocycles. The van der Waals surface area contributed by atoms with Crippen molar-refractivity contribution < 1.29 is 19.7 Å². The summed E-state index contributed by atoms with van der Waals surface area (Å²) in [7, 11) is 0. The number of imidazole rings is 1. The van der Waals surface area contributed by atoms with Crippen molar-refractivity contribution in [2.24, 2.45) is 0 Å². The lowest BCUT2D eigenvalue weighted by atomic mass is 10.0. The van der Waals surface area contributed by atoms with Crippen molar-refractivity contribution in [3.05, 3.63) is 30.6 Å². The molecule has 0 aliphatic carbocycles. The van der Waals surface area contributed by atoms with Gasteiger partial charge in [-0.15, -0.1) is 0 Å². The van der Waals surface area contributed by atoms with Crippen molar-refractivity contribution >= 4 is 17.0 Å². The number of carbonyl (C=O) groups excluding carboxylic acids is 1. The topological polar surface area (TPSA) is 95.4 Å². The zero-order valence-electron chi connectivity index (χ0n) is 21.4. The Morgan fingerprint density at radius 2 is 1.41 bits per heavy atom. The van der Waals surface area contributed by atoms with E-state index in [0.717, 1.165) is 23.9 Å². The summed E-state index contributed by atoms with van der Waals surface area (Å²) in [4.78, 5) is 18.5. The van der Waals surface area contributed by atoms with Crippen LogP contribution in [0.5, 0.6) is 0 Å². The molecule has 34 heavy (non-hydrogen) atoms. The first kappa shape index (κ1) is 30.1. The number of aromatic nitrogens is 2. The summed E-state index contributed by atoms with van der Waals surface area (Å²) in [6.45, 7) is 1.79. The molecule has 194 valence electrons. The fraction of sp³-hybridized carbons (Fsp3) is 0.714. The average molecular weight is 477 g/mol. The van der Waals surface area contributed by atoms with Crippen LogP contribution >= 0.6 is 0 Å². The first-order chi connectivity index (χ1) is 16.7. The first-order valence-electron chi connectivity index (χ1n) is 13.5. The number of aliphatic hydroxyl groups excluding tert-OH is 2. The van der Waals surface area contributed by atoms with Crippen LogP contribution < -0.4 is 0 Å². The number of hydrogen-bond acceptors (Lipinski definition) is 5. The van der Waals surface area contributed by atoms with Crippen LogP contribution in [0.3, 0.4) is 0 Å². The highest BCUT2D eigenvalue weighted by Gasteiger charge is 2.07. The molecule has 0 radical (unpaired) electrons. The Hall–Kier alpha value is -1.92. The van der Waals surface area contributed by atoms with Gasteiger partial charge in [-0.1, -0.05) is 109 Å². The normalized spacial score (nSPS) is 11.7. The number of nitrogens with zero attached hydrogens (tertiary/aromatic N) is 1. The van der Waals surface area contributed by atoms with E-state index in [4.69, 9.17) is 14.9 Å². The SMILES string of the molecule is CCCCCCCCCCCCCCCCCC(=O)OCC(O)CO.c1ccc2[nH]cnc2c1. The van der Waals surface area contributed by atoms with Crippen LogP contribution in [-0.2, 0) is 9.53 Å². The van der Waals surface area contributed by atoms with Crippen LogP contribution in [0.15, 0.2) is 30.6 Å². The highest BCUT2D eigenvalue weighted by atomic mass is 16.5. The maximum Gasteiger partial charge on any atom is 0.305 e. The molecule has 2 rings (SSSR count). The minimum absolute atomic E-state index is 0.103. The molecule has 0 bridgehead atoms. The molecule has 6 nitrogen and oxygen atoms in total. The summed E-state index contributed by atoms with van der Waals surface area (Å²) < 4.78 is 4.86. The van der Waals surface area contributed by atoms with E-state index in [9.17, 15) is 4.79 Å². The monoisotopic (exact) mass is 476 g/mol. The van der Waals surface area contributed by atoms with Gasteiger partial charge in [-0.3, -0.25) is 4.79 Å². The lowest BCUT2D eigenvalue weighted by Gasteiger charge is -2.08. The van der Waals surface area contributed by atoms with Gasteiger partial charge in [0.25, 0.3) is 0 Å². The van der Waals surface area contributed by atoms with Gasteiger partial charge in [-0.2, -0.15) is 0 Å². The molecule has 0 aliphatic rings. The summed E-state index contributed by atoms with van der Waals surface area (Å²) in [6.07, 6.45) is 20.7. The third-order valence-corrected chi connectivity index (χ3v) is 5.96. The van der Waals surface area contributed by atoms with E-state index in [1.54, 1.807) is 6.33 Å². The Labute approximate surface area is 206 Å². The van der Waals surface area contributed by atoms with Crippen LogP contribution in [0.2, 0.25) is 0 Å². The summed E-state index contributed by atoms with van der Waals surface area (Å²) in [6, 6.07) is 7.94. The number of aromatic amines is 1. The number of rotatable bonds is 19. The second-order valence-electron chi connectivity index (χ2n) is 9.14. The quantitative estimate of drug-likeness (QED) is 0.155. The number of hydrogen-bond donors (Lipinski definition) is 3. The Morgan fingerprint density at radius 1 is 0.882 bits per heavy atom. The number of esters is 1. The average Bonchev–Trinajstić information content (AvgIpc) is 3.34. The van der Waals surface area contributed by atoms with E-state index in [1.807, 2.05) is 24.3 Å². The molecule has 0 aliphatic heterocycles. The molecule has 2 aromatic rings. The van der Waals surface area contributed by atoms with Crippen molar-refractivity contribution in [2.45, 2.75) is 116 Å². The third-order valence-electron chi connectivity index (χ3n) is 5.96. The fourth-order valence-corrected chi connectivity index (χ4v) is 3.83. The molecule has 1 aromatic carbocycles. The molecule has 0 spiro atoms. The second-order valence-corrected chi connectivity index (χ2v) is 9.14. The highest BCUT2D eigenvalue weighted by Crippen LogP contribution is 2.14. The Kier molecular flexibility index (Phi) is 19.1. The second kappa shape index (κ2) is 21.6. The van der Waals surface area contributed by atoms with Crippen LogP contribution in [-0.4, -0.2) is 45.5 Å². The molecule has 1 atom stereocenters. The molecule has 1 heterocycles.